The number of aliphatic hydroxyl groups is 3. The first-order chi connectivity index (χ1) is 21.2. The van der Waals surface area contributed by atoms with Crippen LogP contribution < -0.4 is 21.7 Å². The maximum absolute atomic E-state index is 14.1. The van der Waals surface area contributed by atoms with Gasteiger partial charge in [-0.25, -0.2) is 4.99 Å². The lowest BCUT2D eigenvalue weighted by Crippen LogP contribution is -2.65. The standard InChI is InChI=1S/C31H37N7O7/c1-37(2)19-10-18(36-20(32)13-35-12-14-6-5-7-34-11-14)25(39)22-16(19)8-15-9-17-24(38(3)4)27(41)23(30(33)44)29(43)31(17,45)28(42)21(15)26(22)40/h5-7,10-11,15,17,24,35,39-40,43,45H,8-9,12-13H2,1-4H3,(H2,32,36)(H2,33,44)/t15?,17?,24-,31-/m0/s1. The molecule has 2 aromatic rings. The number of Topliss-reactive ketones (excluding diaryl/α,β-unsaturated/α-hetero) is 2. The van der Waals surface area contributed by atoms with E-state index in [0.29, 0.717) is 17.8 Å². The number of anilines is 1. The number of pyridine rings is 1. The van der Waals surface area contributed by atoms with Gasteiger partial charge >= 0.3 is 0 Å². The van der Waals surface area contributed by atoms with E-state index in [4.69, 9.17) is 11.5 Å². The molecule has 0 spiro atoms. The summed E-state index contributed by atoms with van der Waals surface area (Å²) in [5.74, 6) is -7.05. The second-order valence-electron chi connectivity index (χ2n) is 12.0. The Balaban J connectivity index is 1.60. The number of carbonyl (C=O) groups is 3. The number of primary amides is 1. The van der Waals surface area contributed by atoms with Crippen LogP contribution in [0.15, 0.2) is 52.5 Å². The Morgan fingerprint density at radius 3 is 2.49 bits per heavy atom. The first-order valence-electron chi connectivity index (χ1n) is 14.3. The summed E-state index contributed by atoms with van der Waals surface area (Å²) in [6.07, 6.45) is 3.53. The van der Waals surface area contributed by atoms with Gasteiger partial charge in [0.1, 0.15) is 28.6 Å². The number of amides is 1. The van der Waals surface area contributed by atoms with Crippen LogP contribution in [0.3, 0.4) is 0 Å². The van der Waals surface area contributed by atoms with Crippen LogP contribution in [0.25, 0.3) is 5.76 Å². The van der Waals surface area contributed by atoms with Gasteiger partial charge in [-0.1, -0.05) is 6.07 Å². The zero-order valence-corrected chi connectivity index (χ0v) is 25.4. The topological polar surface area (TPSA) is 228 Å². The number of aliphatic hydroxyl groups excluding tert-OH is 2. The number of amidine groups is 1. The van der Waals surface area contributed by atoms with Crippen molar-refractivity contribution in [1.29, 1.82) is 0 Å². The van der Waals surface area contributed by atoms with Gasteiger partial charge in [-0.3, -0.25) is 24.3 Å². The van der Waals surface area contributed by atoms with Crippen molar-refractivity contribution >= 4 is 40.4 Å². The Morgan fingerprint density at radius 2 is 1.89 bits per heavy atom. The highest BCUT2D eigenvalue weighted by molar-refractivity contribution is 6.24. The molecule has 1 aromatic carbocycles. The molecule has 238 valence electrons. The molecule has 0 bridgehead atoms. The molecule has 14 nitrogen and oxygen atoms in total. The lowest BCUT2D eigenvalue weighted by Gasteiger charge is -2.50. The van der Waals surface area contributed by atoms with Crippen LogP contribution in [-0.4, -0.2) is 100.0 Å². The SMILES string of the molecule is CN(C)c1cc(N=C(N)CNCc2cccnc2)c(O)c2c1CC1CC3[C@H](N(C)C)C(=O)C(C(N)=O)=C(O)[C@@]3(O)C(=O)C1=C2O. The minimum absolute atomic E-state index is 0.00511. The molecule has 3 aliphatic carbocycles. The number of carbonyl (C=O) groups excluding carboxylic acids is 3. The number of aromatic hydroxyl groups is 1. The van der Waals surface area contributed by atoms with E-state index in [2.05, 4.69) is 15.3 Å². The molecule has 0 saturated heterocycles. The smallest absolute Gasteiger partial charge is 0.255 e. The average Bonchev–Trinajstić information content (AvgIpc) is 2.96. The summed E-state index contributed by atoms with van der Waals surface area (Å²) in [5.41, 5.74) is 9.78. The van der Waals surface area contributed by atoms with Crippen molar-refractivity contribution in [3.05, 3.63) is 64.2 Å². The normalized spacial score (nSPS) is 24.8. The fraction of sp³-hybridized carbons (Fsp3) is 0.387. The molecular formula is C31H37N7O7. The number of rotatable bonds is 8. The summed E-state index contributed by atoms with van der Waals surface area (Å²) in [6, 6.07) is 4.18. The highest BCUT2D eigenvalue weighted by Crippen LogP contribution is 2.54. The number of phenolic OH excluding ortho intramolecular Hbond substituents is 1. The van der Waals surface area contributed by atoms with Crippen molar-refractivity contribution in [1.82, 2.24) is 15.2 Å². The lowest BCUT2D eigenvalue weighted by atomic mass is 9.57. The second kappa shape index (κ2) is 11.6. The Hall–Kier alpha value is -4.79. The molecule has 4 atom stereocenters. The third-order valence-electron chi connectivity index (χ3n) is 8.78. The minimum atomic E-state index is -2.72. The monoisotopic (exact) mass is 619 g/mol. The van der Waals surface area contributed by atoms with Gasteiger partial charge in [-0.2, -0.15) is 0 Å². The zero-order chi connectivity index (χ0) is 33.0. The zero-order valence-electron chi connectivity index (χ0n) is 25.4. The number of nitrogens with zero attached hydrogens (tertiary/aromatic N) is 4. The van der Waals surface area contributed by atoms with Gasteiger partial charge in [0.05, 0.1) is 18.2 Å². The number of ketones is 2. The highest BCUT2D eigenvalue weighted by atomic mass is 16.3. The third kappa shape index (κ3) is 5.10. The fourth-order valence-corrected chi connectivity index (χ4v) is 6.79. The van der Waals surface area contributed by atoms with Crippen LogP contribution in [0.2, 0.25) is 0 Å². The van der Waals surface area contributed by atoms with E-state index in [0.717, 1.165) is 5.56 Å². The summed E-state index contributed by atoms with van der Waals surface area (Å²) in [5, 5.41) is 49.0. The van der Waals surface area contributed by atoms with E-state index in [1.54, 1.807) is 51.6 Å². The van der Waals surface area contributed by atoms with Crippen LogP contribution >= 0.6 is 0 Å². The van der Waals surface area contributed by atoms with Crippen LogP contribution in [0, 0.1) is 11.8 Å². The number of fused-ring (bicyclic) bond motifs is 3. The molecule has 1 fully saturated rings. The molecule has 5 rings (SSSR count). The molecular weight excluding hydrogens is 582 g/mol. The Kier molecular flexibility index (Phi) is 8.16. The molecule has 1 amide bonds. The second-order valence-corrected chi connectivity index (χ2v) is 12.0. The number of nitrogens with two attached hydrogens (primary N) is 2. The van der Waals surface area contributed by atoms with Gasteiger partial charge in [0, 0.05) is 50.2 Å². The predicted octanol–water partition coefficient (Wildman–Crippen LogP) is 0.204. The first-order valence-corrected chi connectivity index (χ1v) is 14.3. The summed E-state index contributed by atoms with van der Waals surface area (Å²) < 4.78 is 0. The Labute approximate surface area is 259 Å². The molecule has 9 N–H and O–H groups in total. The van der Waals surface area contributed by atoms with E-state index >= 15 is 0 Å². The van der Waals surface area contributed by atoms with Crippen LogP contribution in [-0.2, 0) is 27.3 Å². The number of hydrogen-bond acceptors (Lipinski definition) is 12. The van der Waals surface area contributed by atoms with Crippen LogP contribution in [0.4, 0.5) is 11.4 Å². The molecule has 0 aliphatic heterocycles. The summed E-state index contributed by atoms with van der Waals surface area (Å²) >= 11 is 0. The van der Waals surface area contributed by atoms with Crippen molar-refractivity contribution in [3.8, 4) is 5.75 Å². The van der Waals surface area contributed by atoms with Crippen molar-refractivity contribution in [3.63, 3.8) is 0 Å². The van der Waals surface area contributed by atoms with Gasteiger partial charge in [-0.15, -0.1) is 0 Å². The van der Waals surface area contributed by atoms with Gasteiger partial charge in [0.25, 0.3) is 5.91 Å². The first kappa shape index (κ1) is 31.6. The van der Waals surface area contributed by atoms with Gasteiger partial charge in [0.15, 0.2) is 17.1 Å². The van der Waals surface area contributed by atoms with E-state index < -0.39 is 63.8 Å². The predicted molar refractivity (Wildman–Crippen MR) is 166 cm³/mol. The molecule has 45 heavy (non-hydrogen) atoms. The van der Waals surface area contributed by atoms with Crippen LogP contribution in [0.5, 0.6) is 5.75 Å². The number of likely N-dealkylation sites (N-methyl/N-ethyl adjacent to an activating group) is 1. The quantitative estimate of drug-likeness (QED) is 0.119. The highest BCUT2D eigenvalue weighted by Gasteiger charge is 2.64. The third-order valence-corrected chi connectivity index (χ3v) is 8.78. The Morgan fingerprint density at radius 1 is 1.18 bits per heavy atom. The molecule has 1 heterocycles. The number of benzene rings is 1. The molecule has 0 radical (unpaired) electrons. The molecule has 3 aliphatic rings. The minimum Gasteiger partial charge on any atom is -0.508 e. The maximum Gasteiger partial charge on any atom is 0.255 e. The number of nitrogens with one attached hydrogen (secondary N) is 1. The number of hydrogen-bond donors (Lipinski definition) is 7. The summed E-state index contributed by atoms with van der Waals surface area (Å²) in [6.45, 7) is 0.646. The Bertz CT molecular complexity index is 1680. The van der Waals surface area contributed by atoms with E-state index in [1.807, 2.05) is 12.1 Å². The van der Waals surface area contributed by atoms with Gasteiger partial charge in [-0.05, 0) is 56.1 Å². The van der Waals surface area contributed by atoms with E-state index in [-0.39, 0.29) is 42.0 Å². The van der Waals surface area contributed by atoms with E-state index in [9.17, 15) is 34.8 Å². The van der Waals surface area contributed by atoms with Gasteiger partial charge in [0.2, 0.25) is 5.78 Å². The molecule has 2 unspecified atom stereocenters. The van der Waals surface area contributed by atoms with Crippen molar-refractivity contribution in [2.24, 2.45) is 28.3 Å². The molecule has 14 heteroatoms. The van der Waals surface area contributed by atoms with Crippen molar-refractivity contribution in [2.45, 2.75) is 31.0 Å². The average molecular weight is 620 g/mol. The number of phenols is 1. The lowest BCUT2D eigenvalue weighted by molar-refractivity contribution is -0.153. The van der Waals surface area contributed by atoms with Crippen molar-refractivity contribution < 1.29 is 34.8 Å². The number of aromatic nitrogens is 1. The van der Waals surface area contributed by atoms with Crippen LogP contribution in [0.1, 0.15) is 23.1 Å². The maximum atomic E-state index is 14.1. The fourth-order valence-electron chi connectivity index (χ4n) is 6.79. The summed E-state index contributed by atoms with van der Waals surface area (Å²) in [7, 11) is 6.65. The summed E-state index contributed by atoms with van der Waals surface area (Å²) in [4.78, 5) is 51.3. The largest absolute Gasteiger partial charge is 0.508 e. The molecule has 1 aromatic heterocycles. The van der Waals surface area contributed by atoms with Gasteiger partial charge < -0.3 is 42.1 Å². The van der Waals surface area contributed by atoms with E-state index in [1.165, 1.54) is 4.90 Å². The van der Waals surface area contributed by atoms with Crippen molar-refractivity contribution in [2.75, 3.05) is 39.6 Å². The molecule has 1 saturated carbocycles. The number of aliphatic imine (C=N–C) groups is 1.